The molecule has 1 aliphatic heterocycles. The number of halogens is 1. The van der Waals surface area contributed by atoms with E-state index in [-0.39, 0.29) is 18.3 Å². The van der Waals surface area contributed by atoms with E-state index < -0.39 is 0 Å². The largest absolute Gasteiger partial charge is 0.352 e. The van der Waals surface area contributed by atoms with Crippen molar-refractivity contribution in [3.63, 3.8) is 0 Å². The van der Waals surface area contributed by atoms with Gasteiger partial charge in [0.15, 0.2) is 0 Å². The summed E-state index contributed by atoms with van der Waals surface area (Å²) in [5.74, 6) is 1.08. The molecule has 3 nitrogen and oxygen atoms in total. The maximum atomic E-state index is 11.9. The van der Waals surface area contributed by atoms with Crippen molar-refractivity contribution in [2.24, 2.45) is 5.92 Å². The van der Waals surface area contributed by atoms with E-state index in [1.54, 1.807) is 0 Å². The molecular weight excluding hydrogens is 248 g/mol. The number of amides is 1. The van der Waals surface area contributed by atoms with Crippen molar-refractivity contribution in [1.82, 2.24) is 10.6 Å². The summed E-state index contributed by atoms with van der Waals surface area (Å²) in [6, 6.07) is 0.777. The Labute approximate surface area is 117 Å². The number of piperidine rings is 1. The predicted molar refractivity (Wildman–Crippen MR) is 77.1 cm³/mol. The second kappa shape index (κ2) is 8.00. The normalized spacial score (nSPS) is 28.7. The number of hydrogen-bond acceptors (Lipinski definition) is 2. The first-order valence-electron chi connectivity index (χ1n) is 7.28. The van der Waals surface area contributed by atoms with Crippen LogP contribution in [0.4, 0.5) is 0 Å². The second-order valence-electron chi connectivity index (χ2n) is 5.75. The van der Waals surface area contributed by atoms with Gasteiger partial charge in [0.25, 0.3) is 0 Å². The summed E-state index contributed by atoms with van der Waals surface area (Å²) in [7, 11) is 0. The minimum atomic E-state index is 0. The van der Waals surface area contributed by atoms with Crippen LogP contribution in [-0.2, 0) is 4.79 Å². The van der Waals surface area contributed by atoms with Crippen LogP contribution in [0.25, 0.3) is 0 Å². The van der Waals surface area contributed by atoms with Gasteiger partial charge in [0, 0.05) is 18.5 Å². The SMILES string of the molecule is CC1NCCCC1NC(=O)CCC1CCCC1.Cl. The maximum Gasteiger partial charge on any atom is 0.220 e. The molecule has 0 bridgehead atoms. The van der Waals surface area contributed by atoms with Crippen molar-refractivity contribution < 1.29 is 4.79 Å². The molecule has 0 aromatic rings. The molecule has 0 radical (unpaired) electrons. The molecule has 1 heterocycles. The molecule has 106 valence electrons. The third kappa shape index (κ3) is 4.77. The van der Waals surface area contributed by atoms with Crippen molar-refractivity contribution in [3.8, 4) is 0 Å². The summed E-state index contributed by atoms with van der Waals surface area (Å²) >= 11 is 0. The van der Waals surface area contributed by atoms with Crippen LogP contribution in [0.15, 0.2) is 0 Å². The zero-order valence-corrected chi connectivity index (χ0v) is 12.2. The lowest BCUT2D eigenvalue weighted by Gasteiger charge is -2.30. The van der Waals surface area contributed by atoms with Crippen molar-refractivity contribution >= 4 is 18.3 Å². The van der Waals surface area contributed by atoms with Crippen LogP contribution in [0.3, 0.4) is 0 Å². The van der Waals surface area contributed by atoms with E-state index >= 15 is 0 Å². The van der Waals surface area contributed by atoms with Crippen LogP contribution in [-0.4, -0.2) is 24.5 Å². The Morgan fingerprint density at radius 2 is 1.94 bits per heavy atom. The number of nitrogens with one attached hydrogen (secondary N) is 2. The van der Waals surface area contributed by atoms with Gasteiger partial charge in [-0.2, -0.15) is 0 Å². The fourth-order valence-corrected chi connectivity index (χ4v) is 3.15. The van der Waals surface area contributed by atoms with Crippen LogP contribution in [0, 0.1) is 5.92 Å². The van der Waals surface area contributed by atoms with E-state index in [9.17, 15) is 4.79 Å². The molecule has 4 heteroatoms. The van der Waals surface area contributed by atoms with Crippen molar-refractivity contribution in [1.29, 1.82) is 0 Å². The van der Waals surface area contributed by atoms with E-state index in [2.05, 4.69) is 17.6 Å². The summed E-state index contributed by atoms with van der Waals surface area (Å²) in [5, 5.41) is 6.61. The van der Waals surface area contributed by atoms with E-state index in [1.165, 1.54) is 32.1 Å². The summed E-state index contributed by atoms with van der Waals surface area (Å²) < 4.78 is 0. The average molecular weight is 275 g/mol. The Hall–Kier alpha value is -0.280. The van der Waals surface area contributed by atoms with E-state index in [0.29, 0.717) is 12.1 Å². The number of carbonyl (C=O) groups is 1. The molecule has 0 aromatic heterocycles. The van der Waals surface area contributed by atoms with Gasteiger partial charge in [0.2, 0.25) is 5.91 Å². The third-order valence-corrected chi connectivity index (χ3v) is 4.36. The maximum absolute atomic E-state index is 11.9. The quantitative estimate of drug-likeness (QED) is 0.828. The van der Waals surface area contributed by atoms with Gasteiger partial charge in [-0.15, -0.1) is 12.4 Å². The third-order valence-electron chi connectivity index (χ3n) is 4.36. The van der Waals surface area contributed by atoms with Crippen molar-refractivity contribution in [2.45, 2.75) is 70.4 Å². The molecule has 2 atom stereocenters. The highest BCUT2D eigenvalue weighted by atomic mass is 35.5. The fraction of sp³-hybridized carbons (Fsp3) is 0.929. The molecule has 2 unspecified atom stereocenters. The summed E-state index contributed by atoms with van der Waals surface area (Å²) in [4.78, 5) is 11.9. The lowest BCUT2D eigenvalue weighted by molar-refractivity contribution is -0.122. The van der Waals surface area contributed by atoms with Gasteiger partial charge in [-0.1, -0.05) is 25.7 Å². The first-order chi connectivity index (χ1) is 8.25. The summed E-state index contributed by atoms with van der Waals surface area (Å²) in [5.41, 5.74) is 0. The van der Waals surface area contributed by atoms with E-state index in [1.807, 2.05) is 0 Å². The molecule has 2 N–H and O–H groups in total. The highest BCUT2D eigenvalue weighted by Gasteiger charge is 2.23. The van der Waals surface area contributed by atoms with Gasteiger partial charge < -0.3 is 10.6 Å². The smallest absolute Gasteiger partial charge is 0.220 e. The molecule has 1 saturated heterocycles. The standard InChI is InChI=1S/C14H26N2O.ClH/c1-11-13(7-4-10-15-11)16-14(17)9-8-12-5-2-3-6-12;/h11-13,15H,2-10H2,1H3,(H,16,17);1H. The van der Waals surface area contributed by atoms with Crippen molar-refractivity contribution in [2.75, 3.05) is 6.54 Å². The van der Waals surface area contributed by atoms with Gasteiger partial charge in [0.05, 0.1) is 0 Å². The summed E-state index contributed by atoms with van der Waals surface area (Å²) in [6.07, 6.45) is 9.56. The zero-order valence-electron chi connectivity index (χ0n) is 11.4. The molecular formula is C14H27ClN2O. The predicted octanol–water partition coefficient (Wildman–Crippen LogP) is 2.64. The molecule has 1 amide bonds. The minimum Gasteiger partial charge on any atom is -0.352 e. The van der Waals surface area contributed by atoms with Crippen molar-refractivity contribution in [3.05, 3.63) is 0 Å². The van der Waals surface area contributed by atoms with Crippen LogP contribution >= 0.6 is 12.4 Å². The number of hydrogen-bond donors (Lipinski definition) is 2. The Kier molecular flexibility index (Phi) is 7.02. The van der Waals surface area contributed by atoms with Gasteiger partial charge in [-0.3, -0.25) is 4.79 Å². The van der Waals surface area contributed by atoms with Gasteiger partial charge in [-0.05, 0) is 38.6 Å². The summed E-state index contributed by atoms with van der Waals surface area (Å²) in [6.45, 7) is 3.26. The second-order valence-corrected chi connectivity index (χ2v) is 5.75. The molecule has 2 rings (SSSR count). The van der Waals surface area contributed by atoms with Gasteiger partial charge in [0.1, 0.15) is 0 Å². The highest BCUT2D eigenvalue weighted by Crippen LogP contribution is 2.28. The lowest BCUT2D eigenvalue weighted by atomic mass is 9.98. The van der Waals surface area contributed by atoms with Crippen LogP contribution in [0.1, 0.15) is 58.3 Å². The molecule has 18 heavy (non-hydrogen) atoms. The van der Waals surface area contributed by atoms with E-state index in [4.69, 9.17) is 0 Å². The number of carbonyl (C=O) groups excluding carboxylic acids is 1. The van der Waals surface area contributed by atoms with E-state index in [0.717, 1.165) is 31.7 Å². The zero-order chi connectivity index (χ0) is 12.1. The molecule has 0 spiro atoms. The van der Waals surface area contributed by atoms with Crippen LogP contribution in [0.2, 0.25) is 0 Å². The van der Waals surface area contributed by atoms with Gasteiger partial charge >= 0.3 is 0 Å². The molecule has 2 aliphatic rings. The first-order valence-corrected chi connectivity index (χ1v) is 7.28. The fourth-order valence-electron chi connectivity index (χ4n) is 3.15. The first kappa shape index (κ1) is 15.8. The Morgan fingerprint density at radius 3 is 2.61 bits per heavy atom. The molecule has 1 saturated carbocycles. The monoisotopic (exact) mass is 274 g/mol. The van der Waals surface area contributed by atoms with Gasteiger partial charge in [-0.25, -0.2) is 0 Å². The molecule has 0 aromatic carbocycles. The van der Waals surface area contributed by atoms with Crippen LogP contribution in [0.5, 0.6) is 0 Å². The molecule has 1 aliphatic carbocycles. The Balaban J connectivity index is 0.00000162. The lowest BCUT2D eigenvalue weighted by Crippen LogP contribution is -2.51. The number of rotatable bonds is 4. The Bertz CT molecular complexity index is 254. The Morgan fingerprint density at radius 1 is 1.22 bits per heavy atom. The molecule has 2 fully saturated rings. The minimum absolute atomic E-state index is 0. The highest BCUT2D eigenvalue weighted by molar-refractivity contribution is 5.85. The average Bonchev–Trinajstić information content (AvgIpc) is 2.82. The van der Waals surface area contributed by atoms with Crippen LogP contribution < -0.4 is 10.6 Å². The topological polar surface area (TPSA) is 41.1 Å².